The molecule has 1 aromatic carbocycles. The molecule has 104 valence electrons. The number of carbonyl (C=O) groups is 1. The topological polar surface area (TPSA) is 55.8 Å². The zero-order valence-corrected chi connectivity index (χ0v) is 11.4. The minimum absolute atomic E-state index is 0.586. The van der Waals surface area contributed by atoms with Crippen LogP contribution >= 0.6 is 0 Å². The Labute approximate surface area is 113 Å². The number of ether oxygens (including phenoxy) is 2. The molecule has 1 aliphatic rings. The van der Waals surface area contributed by atoms with Crippen molar-refractivity contribution >= 4 is 5.97 Å². The van der Waals surface area contributed by atoms with Crippen LogP contribution in [0.4, 0.5) is 0 Å². The van der Waals surface area contributed by atoms with Crippen LogP contribution in [0.5, 0.6) is 11.5 Å². The van der Waals surface area contributed by atoms with E-state index in [1.54, 1.807) is 13.8 Å². The molecule has 2 rings (SSSR count). The average Bonchev–Trinajstić information content (AvgIpc) is 2.38. The van der Waals surface area contributed by atoms with E-state index in [2.05, 4.69) is 0 Å². The Kier molecular flexibility index (Phi) is 3.98. The van der Waals surface area contributed by atoms with E-state index in [1.165, 1.54) is 0 Å². The number of carboxylic acid groups (broad SMARTS) is 1. The van der Waals surface area contributed by atoms with Crippen LogP contribution in [0.2, 0.25) is 0 Å². The Morgan fingerprint density at radius 2 is 1.95 bits per heavy atom. The van der Waals surface area contributed by atoms with E-state index in [0.717, 1.165) is 29.9 Å². The van der Waals surface area contributed by atoms with E-state index in [1.807, 2.05) is 18.2 Å². The van der Waals surface area contributed by atoms with Gasteiger partial charge in [0.1, 0.15) is 13.2 Å². The van der Waals surface area contributed by atoms with E-state index in [4.69, 9.17) is 14.6 Å². The molecule has 4 heteroatoms. The molecule has 4 nitrogen and oxygen atoms in total. The minimum Gasteiger partial charge on any atom is -0.486 e. The number of hydrogen-bond acceptors (Lipinski definition) is 3. The van der Waals surface area contributed by atoms with Crippen molar-refractivity contribution in [3.63, 3.8) is 0 Å². The smallest absolute Gasteiger partial charge is 0.309 e. The lowest BCUT2D eigenvalue weighted by atomic mass is 9.87. The third-order valence-electron chi connectivity index (χ3n) is 3.45. The molecule has 19 heavy (non-hydrogen) atoms. The molecular weight excluding hydrogens is 244 g/mol. The molecule has 0 amide bonds. The first-order chi connectivity index (χ1) is 8.99. The van der Waals surface area contributed by atoms with Crippen LogP contribution in [0, 0.1) is 5.41 Å². The van der Waals surface area contributed by atoms with Gasteiger partial charge in [0, 0.05) is 0 Å². The molecule has 0 radical (unpaired) electrons. The van der Waals surface area contributed by atoms with Gasteiger partial charge in [-0.15, -0.1) is 0 Å². The highest BCUT2D eigenvalue weighted by Gasteiger charge is 2.26. The summed E-state index contributed by atoms with van der Waals surface area (Å²) in [7, 11) is 0. The number of fused-ring (bicyclic) bond motifs is 1. The van der Waals surface area contributed by atoms with Crippen molar-refractivity contribution < 1.29 is 19.4 Å². The fourth-order valence-electron chi connectivity index (χ4n) is 2.08. The van der Waals surface area contributed by atoms with Gasteiger partial charge in [-0.1, -0.05) is 6.07 Å². The minimum atomic E-state index is -0.741. The summed E-state index contributed by atoms with van der Waals surface area (Å²) < 4.78 is 11.0. The van der Waals surface area contributed by atoms with Crippen LogP contribution in [-0.4, -0.2) is 24.3 Å². The van der Waals surface area contributed by atoms with Gasteiger partial charge in [0.2, 0.25) is 0 Å². The lowest BCUT2D eigenvalue weighted by Crippen LogP contribution is -2.23. The molecule has 1 aliphatic heterocycles. The first kappa shape index (κ1) is 13.7. The van der Waals surface area contributed by atoms with Gasteiger partial charge in [-0.25, -0.2) is 0 Å². The molecule has 0 spiro atoms. The van der Waals surface area contributed by atoms with Crippen molar-refractivity contribution in [3.8, 4) is 11.5 Å². The summed E-state index contributed by atoms with van der Waals surface area (Å²) in [5, 5.41) is 9.06. The van der Waals surface area contributed by atoms with Gasteiger partial charge in [0.25, 0.3) is 0 Å². The Hall–Kier alpha value is -1.71. The van der Waals surface area contributed by atoms with E-state index < -0.39 is 11.4 Å². The standard InChI is InChI=1S/C15H20O4/c1-15(2,14(16)17)7-3-4-11-5-6-12-13(10-11)19-9-8-18-12/h5-6,10H,3-4,7-9H2,1-2H3,(H,16,17). The second-order valence-electron chi connectivity index (χ2n) is 5.52. The molecule has 0 aromatic heterocycles. The van der Waals surface area contributed by atoms with Gasteiger partial charge in [0.05, 0.1) is 5.41 Å². The normalized spacial score (nSPS) is 14.2. The second-order valence-corrected chi connectivity index (χ2v) is 5.52. The summed E-state index contributed by atoms with van der Waals surface area (Å²) in [4.78, 5) is 11.0. The maximum atomic E-state index is 11.0. The van der Waals surface area contributed by atoms with Crippen molar-refractivity contribution in [1.29, 1.82) is 0 Å². The Bertz CT molecular complexity index is 465. The fraction of sp³-hybridized carbons (Fsp3) is 0.533. The maximum Gasteiger partial charge on any atom is 0.309 e. The molecule has 0 fully saturated rings. The number of aryl methyl sites for hydroxylation is 1. The van der Waals surface area contributed by atoms with Crippen LogP contribution < -0.4 is 9.47 Å². The van der Waals surface area contributed by atoms with Crippen molar-refractivity contribution in [2.75, 3.05) is 13.2 Å². The summed E-state index contributed by atoms with van der Waals surface area (Å²) in [5.74, 6) is 0.844. The van der Waals surface area contributed by atoms with Crippen molar-refractivity contribution in [2.24, 2.45) is 5.41 Å². The fourth-order valence-corrected chi connectivity index (χ4v) is 2.08. The lowest BCUT2D eigenvalue weighted by Gasteiger charge is -2.20. The van der Waals surface area contributed by atoms with Crippen LogP contribution in [-0.2, 0) is 11.2 Å². The molecule has 1 heterocycles. The van der Waals surface area contributed by atoms with Gasteiger partial charge in [0.15, 0.2) is 11.5 Å². The second kappa shape index (κ2) is 5.51. The van der Waals surface area contributed by atoms with Gasteiger partial charge in [-0.05, 0) is 50.8 Å². The van der Waals surface area contributed by atoms with Crippen LogP contribution in [0.3, 0.4) is 0 Å². The van der Waals surface area contributed by atoms with E-state index in [-0.39, 0.29) is 0 Å². The highest BCUT2D eigenvalue weighted by atomic mass is 16.6. The Balaban J connectivity index is 1.92. The monoisotopic (exact) mass is 264 g/mol. The quantitative estimate of drug-likeness (QED) is 0.888. The van der Waals surface area contributed by atoms with Crippen LogP contribution in [0.1, 0.15) is 32.3 Å². The number of benzene rings is 1. The zero-order chi connectivity index (χ0) is 13.9. The summed E-state index contributed by atoms with van der Waals surface area (Å²) in [6, 6.07) is 5.93. The number of hydrogen-bond donors (Lipinski definition) is 1. The lowest BCUT2D eigenvalue weighted by molar-refractivity contribution is -0.147. The zero-order valence-electron chi connectivity index (χ0n) is 11.4. The molecule has 0 atom stereocenters. The maximum absolute atomic E-state index is 11.0. The summed E-state index contributed by atoms with van der Waals surface area (Å²) >= 11 is 0. The summed E-state index contributed by atoms with van der Waals surface area (Å²) in [6.45, 7) is 4.71. The third kappa shape index (κ3) is 3.40. The van der Waals surface area contributed by atoms with Gasteiger partial charge < -0.3 is 14.6 Å². The van der Waals surface area contributed by atoms with Gasteiger partial charge in [-0.3, -0.25) is 4.79 Å². The Morgan fingerprint density at radius 3 is 2.63 bits per heavy atom. The molecule has 0 saturated carbocycles. The molecule has 0 aliphatic carbocycles. The van der Waals surface area contributed by atoms with Crippen LogP contribution in [0.15, 0.2) is 18.2 Å². The number of carboxylic acids is 1. The molecule has 0 bridgehead atoms. The number of aliphatic carboxylic acids is 1. The molecule has 1 N–H and O–H groups in total. The molecule has 1 aromatic rings. The predicted molar refractivity (Wildman–Crippen MR) is 71.8 cm³/mol. The van der Waals surface area contributed by atoms with Gasteiger partial charge >= 0.3 is 5.97 Å². The van der Waals surface area contributed by atoms with Crippen molar-refractivity contribution in [1.82, 2.24) is 0 Å². The SMILES string of the molecule is CC(C)(CCCc1ccc2c(c1)OCCO2)C(=O)O. The number of rotatable bonds is 5. The first-order valence-corrected chi connectivity index (χ1v) is 6.61. The van der Waals surface area contributed by atoms with Crippen molar-refractivity contribution in [3.05, 3.63) is 23.8 Å². The third-order valence-corrected chi connectivity index (χ3v) is 3.45. The highest BCUT2D eigenvalue weighted by Crippen LogP contribution is 2.31. The van der Waals surface area contributed by atoms with E-state index in [9.17, 15) is 4.79 Å². The van der Waals surface area contributed by atoms with Crippen molar-refractivity contribution in [2.45, 2.75) is 33.1 Å². The van der Waals surface area contributed by atoms with E-state index in [0.29, 0.717) is 19.6 Å². The van der Waals surface area contributed by atoms with Gasteiger partial charge in [-0.2, -0.15) is 0 Å². The largest absolute Gasteiger partial charge is 0.486 e. The summed E-state index contributed by atoms with van der Waals surface area (Å²) in [5.41, 5.74) is 0.499. The first-order valence-electron chi connectivity index (χ1n) is 6.61. The summed E-state index contributed by atoms with van der Waals surface area (Å²) in [6.07, 6.45) is 2.36. The predicted octanol–water partition coefficient (Wildman–Crippen LogP) is 2.89. The molecular formula is C15H20O4. The average molecular weight is 264 g/mol. The van der Waals surface area contributed by atoms with Crippen LogP contribution in [0.25, 0.3) is 0 Å². The highest BCUT2D eigenvalue weighted by molar-refractivity contribution is 5.73. The Morgan fingerprint density at radius 1 is 1.26 bits per heavy atom. The molecule has 0 saturated heterocycles. The van der Waals surface area contributed by atoms with E-state index >= 15 is 0 Å². The molecule has 0 unspecified atom stereocenters.